The topological polar surface area (TPSA) is 45.5 Å². The Morgan fingerprint density at radius 3 is 2.64 bits per heavy atom. The van der Waals surface area contributed by atoms with Gasteiger partial charge in [0.15, 0.2) is 0 Å². The molecule has 28 heavy (non-hydrogen) atoms. The van der Waals surface area contributed by atoms with Gasteiger partial charge in [0, 0.05) is 11.8 Å². The summed E-state index contributed by atoms with van der Waals surface area (Å²) in [7, 11) is 0. The molecule has 2 heterocycles. The maximum Gasteiger partial charge on any atom is 0.224 e. The highest BCUT2D eigenvalue weighted by Crippen LogP contribution is 2.26. The smallest absolute Gasteiger partial charge is 0.224 e. The third kappa shape index (κ3) is 4.75. The number of amides is 1. The Morgan fingerprint density at radius 2 is 1.86 bits per heavy atom. The van der Waals surface area contributed by atoms with Crippen molar-refractivity contribution in [2.24, 2.45) is 5.92 Å². The summed E-state index contributed by atoms with van der Waals surface area (Å²) in [4.78, 5) is 14.6. The van der Waals surface area contributed by atoms with Gasteiger partial charge < -0.3 is 9.73 Å². The maximum absolute atomic E-state index is 12.2. The van der Waals surface area contributed by atoms with Crippen molar-refractivity contribution in [3.8, 4) is 0 Å². The average molecular weight is 397 g/mol. The van der Waals surface area contributed by atoms with E-state index in [-0.39, 0.29) is 5.91 Å². The number of furan rings is 1. The number of fused-ring (bicyclic) bond motifs is 1. The van der Waals surface area contributed by atoms with Gasteiger partial charge in [0.25, 0.3) is 0 Å². The van der Waals surface area contributed by atoms with E-state index in [1.165, 1.54) is 0 Å². The molecule has 0 atom stereocenters. The van der Waals surface area contributed by atoms with Crippen LogP contribution >= 0.6 is 11.6 Å². The van der Waals surface area contributed by atoms with Gasteiger partial charge in [-0.25, -0.2) is 0 Å². The lowest BCUT2D eigenvalue weighted by Gasteiger charge is -2.31. The van der Waals surface area contributed by atoms with E-state index in [4.69, 9.17) is 16.0 Å². The molecule has 0 unspecified atom stereocenters. The van der Waals surface area contributed by atoms with Crippen molar-refractivity contribution in [2.45, 2.75) is 32.2 Å². The second-order valence-electron chi connectivity index (χ2n) is 7.54. The van der Waals surface area contributed by atoms with E-state index in [1.807, 2.05) is 36.4 Å². The Morgan fingerprint density at radius 1 is 1.11 bits per heavy atom. The Bertz CT molecular complexity index is 911. The lowest BCUT2D eigenvalue weighted by atomic mass is 9.92. The molecule has 1 aromatic heterocycles. The van der Waals surface area contributed by atoms with Crippen molar-refractivity contribution in [2.75, 3.05) is 18.4 Å². The van der Waals surface area contributed by atoms with Crippen LogP contribution in [0.5, 0.6) is 0 Å². The van der Waals surface area contributed by atoms with Crippen LogP contribution in [0.25, 0.3) is 11.0 Å². The van der Waals surface area contributed by atoms with E-state index in [0.29, 0.717) is 23.0 Å². The summed E-state index contributed by atoms with van der Waals surface area (Å²) in [6.07, 6.45) is 3.72. The first-order chi connectivity index (χ1) is 13.7. The molecule has 1 fully saturated rings. The SMILES string of the molecule is O=C(CCC1CCN(Cc2cc3ccccc3o2)CC1)Nc1ccccc1Cl. The first kappa shape index (κ1) is 19.0. The standard InChI is InChI=1S/C23H25ClN2O2/c24-20-6-2-3-7-21(20)25-23(27)10-9-17-11-13-26(14-12-17)16-19-15-18-5-1-4-8-22(18)28-19/h1-8,15,17H,9-14,16H2,(H,25,27). The normalized spacial score (nSPS) is 15.8. The molecule has 0 spiro atoms. The van der Waals surface area contributed by atoms with E-state index in [2.05, 4.69) is 22.3 Å². The molecule has 4 rings (SSSR count). The monoisotopic (exact) mass is 396 g/mol. The number of rotatable bonds is 6. The van der Waals surface area contributed by atoms with Gasteiger partial charge >= 0.3 is 0 Å². The van der Waals surface area contributed by atoms with Gasteiger partial charge in [-0.2, -0.15) is 0 Å². The molecule has 1 aliphatic heterocycles. The molecule has 1 aliphatic rings. The number of carbonyl (C=O) groups excluding carboxylic acids is 1. The molecule has 5 heteroatoms. The highest BCUT2D eigenvalue weighted by Gasteiger charge is 2.21. The minimum atomic E-state index is 0.0396. The van der Waals surface area contributed by atoms with Crippen LogP contribution in [-0.4, -0.2) is 23.9 Å². The van der Waals surface area contributed by atoms with Crippen LogP contribution < -0.4 is 5.32 Å². The zero-order valence-corrected chi connectivity index (χ0v) is 16.6. The second kappa shape index (κ2) is 8.80. The van der Waals surface area contributed by atoms with Crippen LogP contribution in [0.1, 0.15) is 31.4 Å². The summed E-state index contributed by atoms with van der Waals surface area (Å²) in [5.74, 6) is 1.67. The Hall–Kier alpha value is -2.30. The Kier molecular flexibility index (Phi) is 5.98. The predicted octanol–water partition coefficient (Wildman–Crippen LogP) is 5.72. The molecule has 1 N–H and O–H groups in total. The fourth-order valence-corrected chi connectivity index (χ4v) is 4.06. The molecule has 1 saturated heterocycles. The summed E-state index contributed by atoms with van der Waals surface area (Å²) in [5.41, 5.74) is 1.65. The third-order valence-electron chi connectivity index (χ3n) is 5.49. The molecule has 2 aromatic carbocycles. The summed E-state index contributed by atoms with van der Waals surface area (Å²) in [6.45, 7) is 2.95. The molecule has 0 saturated carbocycles. The van der Waals surface area contributed by atoms with Crippen LogP contribution in [0.15, 0.2) is 59.0 Å². The summed E-state index contributed by atoms with van der Waals surface area (Å²) >= 11 is 6.10. The summed E-state index contributed by atoms with van der Waals surface area (Å²) < 4.78 is 5.94. The van der Waals surface area contributed by atoms with Crippen molar-refractivity contribution in [3.05, 3.63) is 65.4 Å². The van der Waals surface area contributed by atoms with E-state index in [1.54, 1.807) is 6.07 Å². The maximum atomic E-state index is 12.2. The molecule has 0 bridgehead atoms. The van der Waals surface area contributed by atoms with Gasteiger partial charge in [-0.3, -0.25) is 9.69 Å². The number of nitrogens with one attached hydrogen (secondary N) is 1. The van der Waals surface area contributed by atoms with Crippen LogP contribution in [-0.2, 0) is 11.3 Å². The van der Waals surface area contributed by atoms with Gasteiger partial charge in [-0.15, -0.1) is 0 Å². The molecule has 0 radical (unpaired) electrons. The lowest BCUT2D eigenvalue weighted by Crippen LogP contribution is -2.33. The van der Waals surface area contributed by atoms with Crippen molar-refractivity contribution in [1.29, 1.82) is 0 Å². The minimum Gasteiger partial charge on any atom is -0.460 e. The Balaban J connectivity index is 1.21. The first-order valence-corrected chi connectivity index (χ1v) is 10.3. The van der Waals surface area contributed by atoms with Gasteiger partial charge in [-0.05, 0) is 62.5 Å². The Labute approximate surface area is 170 Å². The van der Waals surface area contributed by atoms with Crippen molar-refractivity contribution in [1.82, 2.24) is 4.90 Å². The number of nitrogens with zero attached hydrogens (tertiary/aromatic N) is 1. The first-order valence-electron chi connectivity index (χ1n) is 9.91. The minimum absolute atomic E-state index is 0.0396. The zero-order chi connectivity index (χ0) is 19.3. The second-order valence-corrected chi connectivity index (χ2v) is 7.94. The number of hydrogen-bond acceptors (Lipinski definition) is 3. The van der Waals surface area contributed by atoms with Crippen molar-refractivity contribution in [3.63, 3.8) is 0 Å². The lowest BCUT2D eigenvalue weighted by molar-refractivity contribution is -0.116. The fraction of sp³-hybridized carbons (Fsp3) is 0.348. The van der Waals surface area contributed by atoms with Gasteiger partial charge in [0.1, 0.15) is 11.3 Å². The van der Waals surface area contributed by atoms with E-state index in [0.717, 1.165) is 55.6 Å². The van der Waals surface area contributed by atoms with Crippen LogP contribution in [0.4, 0.5) is 5.69 Å². The average Bonchev–Trinajstić information content (AvgIpc) is 3.11. The largest absolute Gasteiger partial charge is 0.460 e. The van der Waals surface area contributed by atoms with E-state index >= 15 is 0 Å². The number of anilines is 1. The summed E-state index contributed by atoms with van der Waals surface area (Å²) in [5, 5.41) is 4.65. The van der Waals surface area contributed by atoms with Crippen LogP contribution in [0.3, 0.4) is 0 Å². The highest BCUT2D eigenvalue weighted by molar-refractivity contribution is 6.33. The van der Waals surface area contributed by atoms with Crippen molar-refractivity contribution >= 4 is 34.2 Å². The predicted molar refractivity (Wildman–Crippen MR) is 114 cm³/mol. The molecular weight excluding hydrogens is 372 g/mol. The van der Waals surface area contributed by atoms with E-state index < -0.39 is 0 Å². The number of carbonyl (C=O) groups is 1. The molecular formula is C23H25ClN2O2. The number of halogens is 1. The third-order valence-corrected chi connectivity index (χ3v) is 5.82. The quantitative estimate of drug-likeness (QED) is 0.579. The molecule has 4 nitrogen and oxygen atoms in total. The van der Waals surface area contributed by atoms with Gasteiger partial charge in [0.2, 0.25) is 5.91 Å². The fourth-order valence-electron chi connectivity index (χ4n) is 3.88. The highest BCUT2D eigenvalue weighted by atomic mass is 35.5. The molecule has 0 aliphatic carbocycles. The van der Waals surface area contributed by atoms with Gasteiger partial charge in [-0.1, -0.05) is 41.9 Å². The molecule has 1 amide bonds. The number of piperidine rings is 1. The van der Waals surface area contributed by atoms with Crippen LogP contribution in [0, 0.1) is 5.92 Å². The zero-order valence-electron chi connectivity index (χ0n) is 15.9. The number of para-hydroxylation sites is 2. The van der Waals surface area contributed by atoms with E-state index in [9.17, 15) is 4.79 Å². The van der Waals surface area contributed by atoms with Crippen LogP contribution in [0.2, 0.25) is 5.02 Å². The summed E-state index contributed by atoms with van der Waals surface area (Å²) in [6, 6.07) is 17.6. The van der Waals surface area contributed by atoms with Gasteiger partial charge in [0.05, 0.1) is 17.3 Å². The molecule has 3 aromatic rings. The van der Waals surface area contributed by atoms with Crippen molar-refractivity contribution < 1.29 is 9.21 Å². The number of hydrogen-bond donors (Lipinski definition) is 1. The number of benzene rings is 2. The number of likely N-dealkylation sites (tertiary alicyclic amines) is 1. The molecule has 146 valence electrons.